The third kappa shape index (κ3) is 3.72. The monoisotopic (exact) mass is 276 g/mol. The molecule has 1 unspecified atom stereocenters. The van der Waals surface area contributed by atoms with Crippen molar-refractivity contribution >= 4 is 0 Å². The fraction of sp³-hybridized carbons (Fsp3) is 0.625. The van der Waals surface area contributed by atoms with Gasteiger partial charge < -0.3 is 14.8 Å². The van der Waals surface area contributed by atoms with Crippen LogP contribution >= 0.6 is 0 Å². The van der Waals surface area contributed by atoms with E-state index in [4.69, 9.17) is 9.47 Å². The third-order valence-corrected chi connectivity index (χ3v) is 4.07. The Morgan fingerprint density at radius 1 is 1.40 bits per heavy atom. The summed E-state index contributed by atoms with van der Waals surface area (Å²) in [4.78, 5) is 2.58. The largest absolute Gasteiger partial charge is 0.497 e. The van der Waals surface area contributed by atoms with Crippen molar-refractivity contribution in [2.24, 2.45) is 0 Å². The summed E-state index contributed by atoms with van der Waals surface area (Å²) >= 11 is 0. The molecular formula is C16H24N2O2. The van der Waals surface area contributed by atoms with Gasteiger partial charge in [-0.2, -0.15) is 0 Å². The first kappa shape index (κ1) is 13.9. The molecule has 4 heteroatoms. The SMILES string of the molecule is COc1cccc(CNCC2CN(C3CC3)CCO2)c1. The molecule has 0 bridgehead atoms. The van der Waals surface area contributed by atoms with Gasteiger partial charge in [0.2, 0.25) is 0 Å². The maximum Gasteiger partial charge on any atom is 0.119 e. The van der Waals surface area contributed by atoms with Crippen LogP contribution in [-0.2, 0) is 11.3 Å². The second kappa shape index (κ2) is 6.57. The summed E-state index contributed by atoms with van der Waals surface area (Å²) in [6.07, 6.45) is 3.09. The van der Waals surface area contributed by atoms with Gasteiger partial charge in [0.1, 0.15) is 5.75 Å². The first-order valence-electron chi connectivity index (χ1n) is 7.54. The van der Waals surface area contributed by atoms with Crippen molar-refractivity contribution in [2.75, 3.05) is 33.4 Å². The van der Waals surface area contributed by atoms with Gasteiger partial charge in [0, 0.05) is 32.2 Å². The summed E-state index contributed by atoms with van der Waals surface area (Å²) < 4.78 is 11.1. The molecule has 1 saturated carbocycles. The van der Waals surface area contributed by atoms with Crippen LogP contribution in [0.2, 0.25) is 0 Å². The molecule has 0 radical (unpaired) electrons. The fourth-order valence-electron chi connectivity index (χ4n) is 2.80. The summed E-state index contributed by atoms with van der Waals surface area (Å²) in [5, 5.41) is 3.50. The van der Waals surface area contributed by atoms with E-state index in [2.05, 4.69) is 22.3 Å². The Bertz CT molecular complexity index is 434. The zero-order chi connectivity index (χ0) is 13.8. The minimum Gasteiger partial charge on any atom is -0.497 e. The van der Waals surface area contributed by atoms with Gasteiger partial charge in [0.25, 0.3) is 0 Å². The normalized spacial score (nSPS) is 23.8. The smallest absolute Gasteiger partial charge is 0.119 e. The van der Waals surface area contributed by atoms with Gasteiger partial charge in [-0.25, -0.2) is 0 Å². The molecule has 1 atom stereocenters. The van der Waals surface area contributed by atoms with E-state index >= 15 is 0 Å². The average molecular weight is 276 g/mol. The van der Waals surface area contributed by atoms with E-state index in [-0.39, 0.29) is 0 Å². The van der Waals surface area contributed by atoms with Crippen LogP contribution in [0.1, 0.15) is 18.4 Å². The average Bonchev–Trinajstić information content (AvgIpc) is 3.33. The molecule has 1 saturated heterocycles. The Morgan fingerprint density at radius 2 is 2.30 bits per heavy atom. The van der Waals surface area contributed by atoms with E-state index in [1.54, 1.807) is 7.11 Å². The van der Waals surface area contributed by atoms with Crippen molar-refractivity contribution in [1.82, 2.24) is 10.2 Å². The molecule has 1 heterocycles. The highest BCUT2D eigenvalue weighted by Crippen LogP contribution is 2.28. The lowest BCUT2D eigenvalue weighted by molar-refractivity contribution is -0.0301. The lowest BCUT2D eigenvalue weighted by Gasteiger charge is -2.33. The van der Waals surface area contributed by atoms with E-state index in [0.29, 0.717) is 6.10 Å². The number of benzene rings is 1. The molecule has 2 fully saturated rings. The summed E-state index contributed by atoms with van der Waals surface area (Å²) in [7, 11) is 1.70. The van der Waals surface area contributed by atoms with Crippen LogP contribution in [0.25, 0.3) is 0 Å². The van der Waals surface area contributed by atoms with Crippen LogP contribution < -0.4 is 10.1 Å². The molecule has 1 N–H and O–H groups in total. The summed E-state index contributed by atoms with van der Waals surface area (Å²) in [6, 6.07) is 9.04. The molecule has 0 amide bonds. The van der Waals surface area contributed by atoms with Gasteiger partial charge in [0.05, 0.1) is 19.8 Å². The van der Waals surface area contributed by atoms with Crippen molar-refractivity contribution < 1.29 is 9.47 Å². The molecule has 20 heavy (non-hydrogen) atoms. The number of rotatable bonds is 6. The lowest BCUT2D eigenvalue weighted by atomic mass is 10.2. The van der Waals surface area contributed by atoms with Crippen LogP contribution in [0.5, 0.6) is 5.75 Å². The van der Waals surface area contributed by atoms with Crippen molar-refractivity contribution in [3.8, 4) is 5.75 Å². The first-order chi connectivity index (χ1) is 9.85. The Kier molecular flexibility index (Phi) is 4.55. The van der Waals surface area contributed by atoms with Gasteiger partial charge in [0.15, 0.2) is 0 Å². The highest BCUT2D eigenvalue weighted by Gasteiger charge is 2.32. The molecule has 1 aromatic carbocycles. The van der Waals surface area contributed by atoms with E-state index in [0.717, 1.165) is 44.6 Å². The topological polar surface area (TPSA) is 33.7 Å². The number of ether oxygens (including phenoxy) is 2. The zero-order valence-electron chi connectivity index (χ0n) is 12.2. The van der Waals surface area contributed by atoms with Gasteiger partial charge in [-0.05, 0) is 30.5 Å². The maximum atomic E-state index is 5.84. The maximum absolute atomic E-state index is 5.84. The summed E-state index contributed by atoms with van der Waals surface area (Å²) in [6.45, 7) is 4.84. The zero-order valence-corrected chi connectivity index (χ0v) is 12.2. The quantitative estimate of drug-likeness (QED) is 0.856. The first-order valence-corrected chi connectivity index (χ1v) is 7.54. The van der Waals surface area contributed by atoms with Crippen molar-refractivity contribution in [2.45, 2.75) is 31.5 Å². The summed E-state index contributed by atoms with van der Waals surface area (Å²) in [5.41, 5.74) is 1.25. The molecule has 1 aromatic rings. The van der Waals surface area contributed by atoms with Crippen molar-refractivity contribution in [1.29, 1.82) is 0 Å². The minimum absolute atomic E-state index is 0.329. The summed E-state index contributed by atoms with van der Waals surface area (Å²) in [5.74, 6) is 0.915. The number of nitrogens with one attached hydrogen (secondary N) is 1. The standard InChI is InChI=1S/C16H24N2O2/c1-19-15-4-2-3-13(9-15)10-17-11-16-12-18(7-8-20-16)14-5-6-14/h2-4,9,14,16-17H,5-8,10-12H2,1H3. The van der Waals surface area contributed by atoms with Gasteiger partial charge >= 0.3 is 0 Å². The lowest BCUT2D eigenvalue weighted by Crippen LogP contribution is -2.47. The highest BCUT2D eigenvalue weighted by atomic mass is 16.5. The van der Waals surface area contributed by atoms with Crippen LogP contribution in [-0.4, -0.2) is 50.4 Å². The molecule has 2 aliphatic rings. The molecular weight excluding hydrogens is 252 g/mol. The van der Waals surface area contributed by atoms with E-state index in [1.807, 2.05) is 12.1 Å². The number of hydrogen-bond donors (Lipinski definition) is 1. The molecule has 0 aromatic heterocycles. The van der Waals surface area contributed by atoms with Crippen LogP contribution in [0.4, 0.5) is 0 Å². The van der Waals surface area contributed by atoms with Gasteiger partial charge in [-0.15, -0.1) is 0 Å². The Morgan fingerprint density at radius 3 is 3.10 bits per heavy atom. The fourth-order valence-corrected chi connectivity index (χ4v) is 2.80. The molecule has 1 aliphatic heterocycles. The van der Waals surface area contributed by atoms with E-state index in [9.17, 15) is 0 Å². The Labute approximate surface area is 121 Å². The predicted molar refractivity (Wildman–Crippen MR) is 79.0 cm³/mol. The molecule has 3 rings (SSSR count). The predicted octanol–water partition coefficient (Wildman–Crippen LogP) is 1.65. The van der Waals surface area contributed by atoms with Crippen LogP contribution in [0.3, 0.4) is 0 Å². The van der Waals surface area contributed by atoms with Gasteiger partial charge in [-0.3, -0.25) is 4.90 Å². The number of methoxy groups -OCH3 is 1. The Hall–Kier alpha value is -1.10. The minimum atomic E-state index is 0.329. The van der Waals surface area contributed by atoms with Gasteiger partial charge in [-0.1, -0.05) is 12.1 Å². The molecule has 0 spiro atoms. The molecule has 4 nitrogen and oxygen atoms in total. The second-order valence-electron chi connectivity index (χ2n) is 5.70. The van der Waals surface area contributed by atoms with E-state index < -0.39 is 0 Å². The third-order valence-electron chi connectivity index (χ3n) is 4.07. The Balaban J connectivity index is 1.42. The van der Waals surface area contributed by atoms with Crippen LogP contribution in [0, 0.1) is 0 Å². The second-order valence-corrected chi connectivity index (χ2v) is 5.70. The number of nitrogens with zero attached hydrogens (tertiary/aromatic N) is 1. The number of hydrogen-bond acceptors (Lipinski definition) is 4. The van der Waals surface area contributed by atoms with Crippen LogP contribution in [0.15, 0.2) is 24.3 Å². The van der Waals surface area contributed by atoms with Crippen molar-refractivity contribution in [3.05, 3.63) is 29.8 Å². The van der Waals surface area contributed by atoms with Crippen molar-refractivity contribution in [3.63, 3.8) is 0 Å². The van der Waals surface area contributed by atoms with E-state index in [1.165, 1.54) is 18.4 Å². The molecule has 1 aliphatic carbocycles. The molecule has 110 valence electrons. The number of morpholine rings is 1. The highest BCUT2D eigenvalue weighted by molar-refractivity contribution is 5.28.